The minimum Gasteiger partial charge on any atom is -0.385 e. The highest BCUT2D eigenvalue weighted by molar-refractivity contribution is 6.07. The summed E-state index contributed by atoms with van der Waals surface area (Å²) in [5.74, 6) is -0.221. The molecule has 0 atom stereocenters. The standard InChI is InChI=1S/C20H23N3O2/c1-3-21-19(24)14-9-10-17(13(2)12-14)23-20(25)16-6-4-8-18-15(16)7-5-11-22-18/h4,6,8-10,12,22H,3,5,7,11H2,1-2H3,(H,21,24)(H,23,25). The lowest BCUT2D eigenvalue weighted by Crippen LogP contribution is -2.23. The Morgan fingerprint density at radius 3 is 2.76 bits per heavy atom. The third kappa shape index (κ3) is 3.65. The van der Waals surface area contributed by atoms with Gasteiger partial charge in [0, 0.05) is 35.6 Å². The SMILES string of the molecule is CCNC(=O)c1ccc(NC(=O)c2cccc3c2CCCN3)c(C)c1. The van der Waals surface area contributed by atoms with Gasteiger partial charge in [-0.05, 0) is 68.1 Å². The zero-order valence-corrected chi connectivity index (χ0v) is 14.6. The summed E-state index contributed by atoms with van der Waals surface area (Å²) in [6.45, 7) is 5.30. The quantitative estimate of drug-likeness (QED) is 0.801. The largest absolute Gasteiger partial charge is 0.385 e. The lowest BCUT2D eigenvalue weighted by atomic mass is 9.97. The van der Waals surface area contributed by atoms with Crippen LogP contribution < -0.4 is 16.0 Å². The molecule has 130 valence electrons. The highest BCUT2D eigenvalue weighted by Crippen LogP contribution is 2.26. The maximum absolute atomic E-state index is 12.7. The van der Waals surface area contributed by atoms with Crippen molar-refractivity contribution in [2.45, 2.75) is 26.7 Å². The maximum Gasteiger partial charge on any atom is 0.256 e. The molecule has 1 aliphatic rings. The van der Waals surface area contributed by atoms with E-state index in [1.165, 1.54) is 0 Å². The first-order valence-corrected chi connectivity index (χ1v) is 8.66. The number of hydrogen-bond donors (Lipinski definition) is 3. The van der Waals surface area contributed by atoms with Gasteiger partial charge in [0.1, 0.15) is 0 Å². The number of aryl methyl sites for hydroxylation is 1. The number of fused-ring (bicyclic) bond motifs is 1. The van der Waals surface area contributed by atoms with Gasteiger partial charge < -0.3 is 16.0 Å². The summed E-state index contributed by atoms with van der Waals surface area (Å²) in [4.78, 5) is 24.6. The molecule has 0 spiro atoms. The van der Waals surface area contributed by atoms with Crippen molar-refractivity contribution >= 4 is 23.2 Å². The van der Waals surface area contributed by atoms with Crippen molar-refractivity contribution in [3.63, 3.8) is 0 Å². The third-order valence-electron chi connectivity index (χ3n) is 4.41. The van der Waals surface area contributed by atoms with E-state index in [9.17, 15) is 9.59 Å². The Morgan fingerprint density at radius 2 is 2.00 bits per heavy atom. The molecule has 2 aromatic rings. The molecule has 0 saturated carbocycles. The molecule has 25 heavy (non-hydrogen) atoms. The smallest absolute Gasteiger partial charge is 0.256 e. The van der Waals surface area contributed by atoms with Crippen molar-refractivity contribution in [2.24, 2.45) is 0 Å². The molecule has 0 fully saturated rings. The summed E-state index contributed by atoms with van der Waals surface area (Å²) in [6, 6.07) is 11.1. The number of carbonyl (C=O) groups is 2. The average Bonchev–Trinajstić information content (AvgIpc) is 2.63. The minimum atomic E-state index is -0.116. The normalized spacial score (nSPS) is 12.7. The first-order chi connectivity index (χ1) is 12.1. The van der Waals surface area contributed by atoms with E-state index < -0.39 is 0 Å². The molecule has 0 bridgehead atoms. The molecule has 0 aliphatic carbocycles. The van der Waals surface area contributed by atoms with Gasteiger partial charge in [0.2, 0.25) is 0 Å². The lowest BCUT2D eigenvalue weighted by Gasteiger charge is -2.20. The van der Waals surface area contributed by atoms with Crippen LogP contribution in [-0.2, 0) is 6.42 Å². The predicted molar refractivity (Wildman–Crippen MR) is 100 cm³/mol. The summed E-state index contributed by atoms with van der Waals surface area (Å²) in [5, 5.41) is 9.09. The second-order valence-electron chi connectivity index (χ2n) is 6.21. The van der Waals surface area contributed by atoms with Gasteiger partial charge in [-0.2, -0.15) is 0 Å². The van der Waals surface area contributed by atoms with Gasteiger partial charge in [-0.25, -0.2) is 0 Å². The molecule has 3 N–H and O–H groups in total. The molecular formula is C20H23N3O2. The molecule has 0 unspecified atom stereocenters. The minimum absolute atomic E-state index is 0.105. The van der Waals surface area contributed by atoms with Crippen LogP contribution in [0.1, 0.15) is 45.2 Å². The maximum atomic E-state index is 12.7. The van der Waals surface area contributed by atoms with Crippen molar-refractivity contribution in [3.05, 3.63) is 58.7 Å². The number of rotatable bonds is 4. The van der Waals surface area contributed by atoms with Crippen LogP contribution in [0.15, 0.2) is 36.4 Å². The fourth-order valence-electron chi connectivity index (χ4n) is 3.12. The van der Waals surface area contributed by atoms with Crippen molar-refractivity contribution in [1.29, 1.82) is 0 Å². The Kier molecular flexibility index (Phi) is 5.03. The fourth-order valence-corrected chi connectivity index (χ4v) is 3.12. The molecular weight excluding hydrogens is 314 g/mol. The van der Waals surface area contributed by atoms with Crippen molar-refractivity contribution in [3.8, 4) is 0 Å². The molecule has 1 aliphatic heterocycles. The molecule has 5 nitrogen and oxygen atoms in total. The number of benzene rings is 2. The first-order valence-electron chi connectivity index (χ1n) is 8.66. The number of amides is 2. The summed E-state index contributed by atoms with van der Waals surface area (Å²) < 4.78 is 0. The second kappa shape index (κ2) is 7.38. The Morgan fingerprint density at radius 1 is 1.16 bits per heavy atom. The van der Waals surface area contributed by atoms with E-state index in [1.807, 2.05) is 32.0 Å². The molecule has 0 saturated heterocycles. The van der Waals surface area contributed by atoms with E-state index >= 15 is 0 Å². The molecule has 3 rings (SSSR count). The van der Waals surface area contributed by atoms with Crippen LogP contribution in [0.25, 0.3) is 0 Å². The summed E-state index contributed by atoms with van der Waals surface area (Å²) in [7, 11) is 0. The second-order valence-corrected chi connectivity index (χ2v) is 6.21. The number of hydrogen-bond acceptors (Lipinski definition) is 3. The van der Waals surface area contributed by atoms with Crippen LogP contribution in [0.4, 0.5) is 11.4 Å². The first kappa shape index (κ1) is 17.0. The van der Waals surface area contributed by atoms with E-state index in [0.29, 0.717) is 17.7 Å². The van der Waals surface area contributed by atoms with Crippen molar-refractivity contribution in [1.82, 2.24) is 5.32 Å². The lowest BCUT2D eigenvalue weighted by molar-refractivity contribution is 0.0955. The number of anilines is 2. The van der Waals surface area contributed by atoms with Gasteiger partial charge in [-0.15, -0.1) is 0 Å². The van der Waals surface area contributed by atoms with E-state index in [4.69, 9.17) is 0 Å². The van der Waals surface area contributed by atoms with Crippen LogP contribution in [-0.4, -0.2) is 24.9 Å². The van der Waals surface area contributed by atoms with Gasteiger partial charge in [-0.1, -0.05) is 6.07 Å². The van der Waals surface area contributed by atoms with Crippen LogP contribution in [0.2, 0.25) is 0 Å². The molecule has 2 aromatic carbocycles. The van der Waals surface area contributed by atoms with Gasteiger partial charge in [0.15, 0.2) is 0 Å². The van der Waals surface area contributed by atoms with E-state index in [2.05, 4.69) is 16.0 Å². The zero-order valence-electron chi connectivity index (χ0n) is 14.6. The zero-order chi connectivity index (χ0) is 17.8. The van der Waals surface area contributed by atoms with Crippen molar-refractivity contribution < 1.29 is 9.59 Å². The van der Waals surface area contributed by atoms with E-state index in [0.717, 1.165) is 41.9 Å². The Bertz CT molecular complexity index is 815. The molecule has 2 amide bonds. The van der Waals surface area contributed by atoms with Crippen LogP contribution >= 0.6 is 0 Å². The Hall–Kier alpha value is -2.82. The highest BCUT2D eigenvalue weighted by atomic mass is 16.2. The van der Waals surface area contributed by atoms with Gasteiger partial charge in [0.25, 0.3) is 11.8 Å². The van der Waals surface area contributed by atoms with Gasteiger partial charge in [0.05, 0.1) is 0 Å². The van der Waals surface area contributed by atoms with Gasteiger partial charge in [-0.3, -0.25) is 9.59 Å². The monoisotopic (exact) mass is 337 g/mol. The highest BCUT2D eigenvalue weighted by Gasteiger charge is 2.18. The number of carbonyl (C=O) groups excluding carboxylic acids is 2. The Balaban J connectivity index is 1.81. The number of nitrogens with one attached hydrogen (secondary N) is 3. The topological polar surface area (TPSA) is 70.2 Å². The Labute approximate surface area is 147 Å². The summed E-state index contributed by atoms with van der Waals surface area (Å²) in [5.41, 5.74) is 5.00. The molecule has 0 radical (unpaired) electrons. The van der Waals surface area contributed by atoms with Crippen LogP contribution in [0.3, 0.4) is 0 Å². The van der Waals surface area contributed by atoms with Gasteiger partial charge >= 0.3 is 0 Å². The average molecular weight is 337 g/mol. The summed E-state index contributed by atoms with van der Waals surface area (Å²) in [6.07, 6.45) is 1.93. The van der Waals surface area contributed by atoms with Crippen molar-refractivity contribution in [2.75, 3.05) is 23.7 Å². The molecule has 0 aromatic heterocycles. The van der Waals surface area contributed by atoms with E-state index in [1.54, 1.807) is 18.2 Å². The molecule has 1 heterocycles. The van der Waals surface area contributed by atoms with Crippen LogP contribution in [0, 0.1) is 6.92 Å². The van der Waals surface area contributed by atoms with Crippen LogP contribution in [0.5, 0.6) is 0 Å². The third-order valence-corrected chi connectivity index (χ3v) is 4.41. The predicted octanol–water partition coefficient (Wildman–Crippen LogP) is 3.36. The van der Waals surface area contributed by atoms with E-state index in [-0.39, 0.29) is 11.8 Å². The summed E-state index contributed by atoms with van der Waals surface area (Å²) >= 11 is 0. The fraction of sp³-hybridized carbons (Fsp3) is 0.300. The molecule has 5 heteroatoms.